The lowest BCUT2D eigenvalue weighted by molar-refractivity contribution is 0.448. The van der Waals surface area contributed by atoms with Gasteiger partial charge in [0.25, 0.3) is 0 Å². The molecule has 18 heavy (non-hydrogen) atoms. The first-order valence-electron chi connectivity index (χ1n) is 7.48. The molecular formula is C15H29N3. The number of unbranched alkanes of at least 4 members (excludes halogenated alkanes) is 3. The van der Waals surface area contributed by atoms with Crippen LogP contribution in [0.2, 0.25) is 0 Å². The molecule has 0 fully saturated rings. The Labute approximate surface area is 112 Å². The van der Waals surface area contributed by atoms with E-state index in [9.17, 15) is 0 Å². The van der Waals surface area contributed by atoms with Crippen molar-refractivity contribution in [1.82, 2.24) is 15.1 Å². The third kappa shape index (κ3) is 6.20. The summed E-state index contributed by atoms with van der Waals surface area (Å²) in [4.78, 5) is 0. The summed E-state index contributed by atoms with van der Waals surface area (Å²) in [5.74, 6) is 0. The van der Waals surface area contributed by atoms with Crippen molar-refractivity contribution in [2.24, 2.45) is 7.05 Å². The van der Waals surface area contributed by atoms with E-state index in [-0.39, 0.29) is 0 Å². The van der Waals surface area contributed by atoms with Crippen molar-refractivity contribution in [2.45, 2.75) is 64.8 Å². The van der Waals surface area contributed by atoms with Gasteiger partial charge >= 0.3 is 0 Å². The summed E-state index contributed by atoms with van der Waals surface area (Å²) < 4.78 is 1.89. The monoisotopic (exact) mass is 251 g/mol. The van der Waals surface area contributed by atoms with Crippen LogP contribution in [0.5, 0.6) is 0 Å². The third-order valence-corrected chi connectivity index (χ3v) is 3.31. The van der Waals surface area contributed by atoms with Crippen molar-refractivity contribution in [3.05, 3.63) is 18.0 Å². The Bertz CT molecular complexity index is 306. The Balaban J connectivity index is 2.34. The van der Waals surface area contributed by atoms with E-state index in [1.165, 1.54) is 44.2 Å². The average Bonchev–Trinajstić information content (AvgIpc) is 2.77. The Morgan fingerprint density at radius 2 is 2.06 bits per heavy atom. The summed E-state index contributed by atoms with van der Waals surface area (Å²) in [6, 6.07) is 2.73. The van der Waals surface area contributed by atoms with Gasteiger partial charge < -0.3 is 5.32 Å². The Morgan fingerprint density at radius 3 is 2.67 bits per heavy atom. The first-order chi connectivity index (χ1) is 8.76. The number of hydrogen-bond donors (Lipinski definition) is 1. The normalized spacial score (nSPS) is 12.8. The van der Waals surface area contributed by atoms with E-state index in [0.717, 1.165) is 13.0 Å². The maximum absolute atomic E-state index is 4.48. The minimum absolute atomic E-state index is 0.594. The topological polar surface area (TPSA) is 29.9 Å². The van der Waals surface area contributed by atoms with Gasteiger partial charge in [-0.15, -0.1) is 0 Å². The van der Waals surface area contributed by atoms with Crippen molar-refractivity contribution >= 4 is 0 Å². The first kappa shape index (κ1) is 15.2. The lowest BCUT2D eigenvalue weighted by Gasteiger charge is -2.17. The van der Waals surface area contributed by atoms with Crippen molar-refractivity contribution in [3.8, 4) is 0 Å². The molecule has 1 rings (SSSR count). The quantitative estimate of drug-likeness (QED) is 0.647. The van der Waals surface area contributed by atoms with E-state index in [0.29, 0.717) is 6.04 Å². The molecule has 0 aliphatic heterocycles. The molecule has 3 heteroatoms. The molecule has 0 amide bonds. The van der Waals surface area contributed by atoms with Gasteiger partial charge in [0.2, 0.25) is 0 Å². The largest absolute Gasteiger partial charge is 0.314 e. The van der Waals surface area contributed by atoms with Crippen LogP contribution < -0.4 is 5.32 Å². The van der Waals surface area contributed by atoms with Crippen LogP contribution in [0.15, 0.2) is 12.3 Å². The van der Waals surface area contributed by atoms with Gasteiger partial charge in [0.05, 0.1) is 5.69 Å². The highest BCUT2D eigenvalue weighted by Gasteiger charge is 2.10. The maximum atomic E-state index is 4.48. The highest BCUT2D eigenvalue weighted by atomic mass is 15.2. The van der Waals surface area contributed by atoms with Crippen LogP contribution >= 0.6 is 0 Å². The molecule has 0 radical (unpaired) electrons. The molecule has 1 N–H and O–H groups in total. The predicted octanol–water partition coefficient (Wildman–Crippen LogP) is 3.30. The van der Waals surface area contributed by atoms with Crippen LogP contribution in [0.3, 0.4) is 0 Å². The zero-order valence-corrected chi connectivity index (χ0v) is 12.3. The second-order valence-electron chi connectivity index (χ2n) is 5.19. The van der Waals surface area contributed by atoms with Gasteiger partial charge in [0, 0.05) is 25.7 Å². The van der Waals surface area contributed by atoms with E-state index >= 15 is 0 Å². The minimum atomic E-state index is 0.594. The number of aromatic nitrogens is 2. The third-order valence-electron chi connectivity index (χ3n) is 3.31. The van der Waals surface area contributed by atoms with Crippen LogP contribution in [0.4, 0.5) is 0 Å². The summed E-state index contributed by atoms with van der Waals surface area (Å²) in [6.07, 6.45) is 10.9. The number of nitrogens with one attached hydrogen (secondary N) is 1. The molecule has 1 atom stereocenters. The Kier molecular flexibility index (Phi) is 7.74. The Morgan fingerprint density at radius 1 is 1.22 bits per heavy atom. The molecule has 3 nitrogen and oxygen atoms in total. The number of hydrogen-bond acceptors (Lipinski definition) is 2. The molecule has 1 aromatic rings. The molecule has 0 bridgehead atoms. The van der Waals surface area contributed by atoms with E-state index in [1.807, 2.05) is 17.9 Å². The summed E-state index contributed by atoms with van der Waals surface area (Å²) in [5.41, 5.74) is 1.21. The van der Waals surface area contributed by atoms with Crippen molar-refractivity contribution < 1.29 is 0 Å². The fourth-order valence-corrected chi connectivity index (χ4v) is 2.27. The van der Waals surface area contributed by atoms with Gasteiger partial charge in [-0.05, 0) is 25.5 Å². The summed E-state index contributed by atoms with van der Waals surface area (Å²) >= 11 is 0. The van der Waals surface area contributed by atoms with E-state index in [2.05, 4.69) is 30.3 Å². The van der Waals surface area contributed by atoms with Gasteiger partial charge in [0.15, 0.2) is 0 Å². The highest BCUT2D eigenvalue weighted by Crippen LogP contribution is 2.10. The predicted molar refractivity (Wildman–Crippen MR) is 77.8 cm³/mol. The second kappa shape index (κ2) is 9.15. The zero-order valence-electron chi connectivity index (χ0n) is 12.3. The van der Waals surface area contributed by atoms with E-state index in [1.54, 1.807) is 0 Å². The fourth-order valence-electron chi connectivity index (χ4n) is 2.27. The average molecular weight is 251 g/mol. The van der Waals surface area contributed by atoms with E-state index in [4.69, 9.17) is 0 Å². The molecule has 0 saturated carbocycles. The molecule has 1 unspecified atom stereocenters. The number of rotatable bonds is 10. The van der Waals surface area contributed by atoms with Gasteiger partial charge in [-0.3, -0.25) is 4.68 Å². The van der Waals surface area contributed by atoms with Gasteiger partial charge in [-0.25, -0.2) is 0 Å². The van der Waals surface area contributed by atoms with Gasteiger partial charge in [0.1, 0.15) is 0 Å². The SMILES string of the molecule is CCCCCCC(Cc1ccn(C)n1)NCCC. The molecule has 0 spiro atoms. The molecule has 0 aliphatic rings. The standard InChI is InChI=1S/C15H29N3/c1-4-6-7-8-9-14(16-11-5-2)13-15-10-12-18(3)17-15/h10,12,14,16H,4-9,11,13H2,1-3H3. The van der Waals surface area contributed by atoms with E-state index < -0.39 is 0 Å². The van der Waals surface area contributed by atoms with Crippen LogP contribution in [-0.2, 0) is 13.5 Å². The summed E-state index contributed by atoms with van der Waals surface area (Å²) in [5, 5.41) is 8.13. The molecule has 0 aliphatic carbocycles. The lowest BCUT2D eigenvalue weighted by atomic mass is 10.0. The second-order valence-corrected chi connectivity index (χ2v) is 5.19. The smallest absolute Gasteiger partial charge is 0.0639 e. The van der Waals surface area contributed by atoms with Crippen LogP contribution in [0, 0.1) is 0 Å². The number of nitrogens with zero attached hydrogens (tertiary/aromatic N) is 2. The summed E-state index contributed by atoms with van der Waals surface area (Å²) in [6.45, 7) is 5.61. The highest BCUT2D eigenvalue weighted by molar-refractivity contribution is 5.01. The van der Waals surface area contributed by atoms with Crippen LogP contribution in [-0.4, -0.2) is 22.4 Å². The molecule has 0 aromatic carbocycles. The fraction of sp³-hybridized carbons (Fsp3) is 0.800. The lowest BCUT2D eigenvalue weighted by Crippen LogP contribution is -2.32. The zero-order chi connectivity index (χ0) is 13.2. The summed E-state index contributed by atoms with van der Waals surface area (Å²) in [7, 11) is 1.99. The maximum Gasteiger partial charge on any atom is 0.0639 e. The molecular weight excluding hydrogens is 222 g/mol. The first-order valence-corrected chi connectivity index (χ1v) is 7.48. The molecule has 1 heterocycles. The van der Waals surface area contributed by atoms with Crippen LogP contribution in [0.1, 0.15) is 58.1 Å². The van der Waals surface area contributed by atoms with Crippen LogP contribution in [0.25, 0.3) is 0 Å². The Hall–Kier alpha value is -0.830. The van der Waals surface area contributed by atoms with Gasteiger partial charge in [-0.2, -0.15) is 5.10 Å². The number of aryl methyl sites for hydroxylation is 1. The van der Waals surface area contributed by atoms with Crippen molar-refractivity contribution in [1.29, 1.82) is 0 Å². The minimum Gasteiger partial charge on any atom is -0.314 e. The molecule has 0 saturated heterocycles. The molecule has 104 valence electrons. The van der Waals surface area contributed by atoms with Crippen molar-refractivity contribution in [3.63, 3.8) is 0 Å². The molecule has 1 aromatic heterocycles. The van der Waals surface area contributed by atoms with Gasteiger partial charge in [-0.1, -0.05) is 39.5 Å². The van der Waals surface area contributed by atoms with Crippen molar-refractivity contribution in [2.75, 3.05) is 6.54 Å².